The van der Waals surface area contributed by atoms with E-state index in [1.165, 1.54) is 5.56 Å². The van der Waals surface area contributed by atoms with Crippen molar-refractivity contribution in [2.45, 2.75) is 38.5 Å². The Bertz CT molecular complexity index is 926. The number of nitrogens with one attached hydrogen (secondary N) is 1. The Hall–Kier alpha value is -2.84. The van der Waals surface area contributed by atoms with Crippen LogP contribution in [0.15, 0.2) is 42.5 Å². The van der Waals surface area contributed by atoms with Gasteiger partial charge in [-0.1, -0.05) is 30.7 Å². The van der Waals surface area contributed by atoms with E-state index < -0.39 is 0 Å². The molecule has 1 aliphatic heterocycles. The molecule has 1 fully saturated rings. The number of piperidine rings is 1. The minimum absolute atomic E-state index is 0.0501. The van der Waals surface area contributed by atoms with Crippen LogP contribution >= 0.6 is 11.6 Å². The first-order valence-electron chi connectivity index (χ1n) is 9.90. The number of likely N-dealkylation sites (tertiary alicyclic amines) is 1. The molecule has 1 heterocycles. The maximum Gasteiger partial charge on any atom is 0.253 e. The Labute approximate surface area is 176 Å². The van der Waals surface area contributed by atoms with E-state index in [9.17, 15) is 9.59 Å². The number of nitrogens with zero attached hydrogens (tertiary/aromatic N) is 2. The lowest BCUT2D eigenvalue weighted by Crippen LogP contribution is -2.38. The average Bonchev–Trinajstić information content (AvgIpc) is 2.75. The van der Waals surface area contributed by atoms with E-state index in [-0.39, 0.29) is 11.8 Å². The molecule has 0 saturated carbocycles. The summed E-state index contributed by atoms with van der Waals surface area (Å²) in [6.07, 6.45) is 2.92. The van der Waals surface area contributed by atoms with Gasteiger partial charge < -0.3 is 10.2 Å². The summed E-state index contributed by atoms with van der Waals surface area (Å²) >= 11 is 6.18. The highest BCUT2D eigenvalue weighted by molar-refractivity contribution is 6.33. The Kier molecular flexibility index (Phi) is 6.90. The second-order valence-corrected chi connectivity index (χ2v) is 7.70. The third-order valence-electron chi connectivity index (χ3n) is 5.26. The van der Waals surface area contributed by atoms with Crippen LogP contribution in [0.1, 0.15) is 60.0 Å². The van der Waals surface area contributed by atoms with Gasteiger partial charge in [0.25, 0.3) is 5.91 Å². The van der Waals surface area contributed by atoms with Gasteiger partial charge in [0, 0.05) is 25.1 Å². The number of amides is 2. The zero-order valence-electron chi connectivity index (χ0n) is 16.5. The highest BCUT2D eigenvalue weighted by Crippen LogP contribution is 2.30. The quantitative estimate of drug-likeness (QED) is 0.757. The molecule has 0 radical (unpaired) electrons. The monoisotopic (exact) mass is 409 g/mol. The molecule has 29 heavy (non-hydrogen) atoms. The summed E-state index contributed by atoms with van der Waals surface area (Å²) in [5.74, 6) is 0.231. The van der Waals surface area contributed by atoms with Crippen molar-refractivity contribution in [2.24, 2.45) is 0 Å². The first kappa shape index (κ1) is 20.9. The summed E-state index contributed by atoms with van der Waals surface area (Å²) in [5, 5.41) is 12.1. The maximum absolute atomic E-state index is 12.9. The third-order valence-corrected chi connectivity index (χ3v) is 5.59. The SMILES string of the molecule is CCCC(=O)Nc1cc(C(=O)N2CCC(c3ccc(C#N)cc3)CC2)ccc1Cl. The zero-order valence-corrected chi connectivity index (χ0v) is 17.2. The Balaban J connectivity index is 1.64. The number of anilines is 1. The van der Waals surface area contributed by atoms with Crippen LogP contribution in [0.5, 0.6) is 0 Å². The molecule has 2 aromatic rings. The minimum atomic E-state index is -0.109. The first-order chi connectivity index (χ1) is 14.0. The standard InChI is InChI=1S/C23H24ClN3O2/c1-2-3-22(28)26-21-14-19(8-9-20(21)24)23(29)27-12-10-18(11-13-27)17-6-4-16(15-25)5-7-17/h4-9,14,18H,2-3,10-13H2,1H3,(H,26,28). The van der Waals surface area contributed by atoms with Gasteiger partial charge in [0.05, 0.1) is 22.3 Å². The molecule has 0 aromatic heterocycles. The van der Waals surface area contributed by atoms with Crippen molar-refractivity contribution in [1.29, 1.82) is 5.26 Å². The first-order valence-corrected chi connectivity index (χ1v) is 10.3. The summed E-state index contributed by atoms with van der Waals surface area (Å²) in [6, 6.07) is 14.8. The van der Waals surface area contributed by atoms with Crippen LogP contribution in [-0.4, -0.2) is 29.8 Å². The van der Waals surface area contributed by atoms with Gasteiger partial charge in [-0.2, -0.15) is 5.26 Å². The number of halogens is 1. The molecule has 1 aliphatic rings. The van der Waals surface area contributed by atoms with Gasteiger partial charge >= 0.3 is 0 Å². The molecule has 0 unspecified atom stereocenters. The second kappa shape index (κ2) is 9.58. The van der Waals surface area contributed by atoms with Gasteiger partial charge in [-0.25, -0.2) is 0 Å². The number of hydrogen-bond donors (Lipinski definition) is 1. The van der Waals surface area contributed by atoms with Crippen LogP contribution in [0.25, 0.3) is 0 Å². The molecular formula is C23H24ClN3O2. The number of nitriles is 1. The fourth-order valence-electron chi connectivity index (χ4n) is 3.62. The van der Waals surface area contributed by atoms with Crippen LogP contribution in [0, 0.1) is 11.3 Å². The molecule has 2 aromatic carbocycles. The van der Waals surface area contributed by atoms with E-state index >= 15 is 0 Å². The Morgan fingerprint density at radius 2 is 1.86 bits per heavy atom. The molecule has 0 spiro atoms. The van der Waals surface area contributed by atoms with Crippen molar-refractivity contribution in [3.63, 3.8) is 0 Å². The lowest BCUT2D eigenvalue weighted by molar-refractivity contribution is -0.116. The normalized spacial score (nSPS) is 14.3. The summed E-state index contributed by atoms with van der Waals surface area (Å²) in [6.45, 7) is 3.27. The van der Waals surface area contributed by atoms with E-state index in [1.807, 2.05) is 36.1 Å². The van der Waals surface area contributed by atoms with E-state index in [0.717, 1.165) is 19.3 Å². The van der Waals surface area contributed by atoms with E-state index in [0.29, 0.717) is 47.3 Å². The van der Waals surface area contributed by atoms with Gasteiger partial charge in [0.15, 0.2) is 0 Å². The molecule has 1 N–H and O–H groups in total. The van der Waals surface area contributed by atoms with Gasteiger partial charge in [0.1, 0.15) is 0 Å². The average molecular weight is 410 g/mol. The molecule has 0 aliphatic carbocycles. The number of benzene rings is 2. The molecular weight excluding hydrogens is 386 g/mol. The highest BCUT2D eigenvalue weighted by atomic mass is 35.5. The topological polar surface area (TPSA) is 73.2 Å². The summed E-state index contributed by atoms with van der Waals surface area (Å²) in [7, 11) is 0. The molecule has 3 rings (SSSR count). The lowest BCUT2D eigenvalue weighted by atomic mass is 9.89. The van der Waals surface area contributed by atoms with Crippen LogP contribution in [-0.2, 0) is 4.79 Å². The van der Waals surface area contributed by atoms with E-state index in [2.05, 4.69) is 11.4 Å². The number of hydrogen-bond acceptors (Lipinski definition) is 3. The molecule has 5 nitrogen and oxygen atoms in total. The van der Waals surface area contributed by atoms with Crippen molar-refractivity contribution in [3.05, 3.63) is 64.2 Å². The summed E-state index contributed by atoms with van der Waals surface area (Å²) in [4.78, 5) is 26.7. The number of carbonyl (C=O) groups is 2. The maximum atomic E-state index is 12.9. The predicted octanol–water partition coefficient (Wildman–Crippen LogP) is 4.97. The summed E-state index contributed by atoms with van der Waals surface area (Å²) < 4.78 is 0. The van der Waals surface area contributed by atoms with Crippen molar-refractivity contribution < 1.29 is 9.59 Å². The fourth-order valence-corrected chi connectivity index (χ4v) is 3.79. The lowest BCUT2D eigenvalue weighted by Gasteiger charge is -2.32. The third kappa shape index (κ3) is 5.16. The largest absolute Gasteiger partial charge is 0.339 e. The van der Waals surface area contributed by atoms with Gasteiger partial charge in [-0.15, -0.1) is 0 Å². The van der Waals surface area contributed by atoms with E-state index in [4.69, 9.17) is 16.9 Å². The molecule has 1 saturated heterocycles. The van der Waals surface area contributed by atoms with Crippen molar-refractivity contribution in [1.82, 2.24) is 4.90 Å². The van der Waals surface area contributed by atoms with Crippen LogP contribution in [0.2, 0.25) is 5.02 Å². The van der Waals surface area contributed by atoms with Gasteiger partial charge in [-0.05, 0) is 61.1 Å². The molecule has 150 valence electrons. The molecule has 0 bridgehead atoms. The molecule has 6 heteroatoms. The number of carbonyl (C=O) groups excluding carboxylic acids is 2. The van der Waals surface area contributed by atoms with Crippen molar-refractivity contribution >= 4 is 29.1 Å². The molecule has 0 atom stereocenters. The van der Waals surface area contributed by atoms with Gasteiger partial charge in [0.2, 0.25) is 5.91 Å². The van der Waals surface area contributed by atoms with Gasteiger partial charge in [-0.3, -0.25) is 9.59 Å². The van der Waals surface area contributed by atoms with Crippen LogP contribution in [0.3, 0.4) is 0 Å². The van der Waals surface area contributed by atoms with Crippen molar-refractivity contribution in [2.75, 3.05) is 18.4 Å². The Morgan fingerprint density at radius 1 is 1.17 bits per heavy atom. The van der Waals surface area contributed by atoms with Crippen LogP contribution in [0.4, 0.5) is 5.69 Å². The second-order valence-electron chi connectivity index (χ2n) is 7.29. The van der Waals surface area contributed by atoms with Crippen molar-refractivity contribution in [3.8, 4) is 6.07 Å². The fraction of sp³-hybridized carbons (Fsp3) is 0.348. The molecule has 2 amide bonds. The Morgan fingerprint density at radius 3 is 2.48 bits per heavy atom. The zero-order chi connectivity index (χ0) is 20.8. The smallest absolute Gasteiger partial charge is 0.253 e. The number of rotatable bonds is 5. The van der Waals surface area contributed by atoms with E-state index in [1.54, 1.807) is 18.2 Å². The summed E-state index contributed by atoms with van der Waals surface area (Å²) in [5.41, 5.74) is 2.87. The predicted molar refractivity (Wildman–Crippen MR) is 114 cm³/mol. The highest BCUT2D eigenvalue weighted by Gasteiger charge is 2.25. The minimum Gasteiger partial charge on any atom is -0.339 e. The van der Waals surface area contributed by atoms with Crippen LogP contribution < -0.4 is 5.32 Å².